The van der Waals surface area contributed by atoms with E-state index in [9.17, 15) is 19.5 Å². The summed E-state index contributed by atoms with van der Waals surface area (Å²) in [5.41, 5.74) is 3.32. The van der Waals surface area contributed by atoms with Crippen LogP contribution in [0.3, 0.4) is 0 Å². The molecule has 1 aliphatic rings. The number of ether oxygens (including phenoxy) is 2. The van der Waals surface area contributed by atoms with E-state index < -0.39 is 36.1 Å². The maximum atomic E-state index is 12.3. The number of amides is 1. The van der Waals surface area contributed by atoms with Gasteiger partial charge in [0.1, 0.15) is 18.2 Å². The minimum atomic E-state index is -1.47. The summed E-state index contributed by atoms with van der Waals surface area (Å²) in [7, 11) is 0. The first-order chi connectivity index (χ1) is 14.7. The highest BCUT2D eigenvalue weighted by Crippen LogP contribution is 2.44. The number of rotatable bonds is 8. The predicted octanol–water partition coefficient (Wildman–Crippen LogP) is 3.88. The van der Waals surface area contributed by atoms with Gasteiger partial charge in [0.25, 0.3) is 0 Å². The zero-order valence-corrected chi connectivity index (χ0v) is 17.5. The van der Waals surface area contributed by atoms with E-state index in [1.54, 1.807) is 13.8 Å². The molecule has 0 unspecified atom stereocenters. The van der Waals surface area contributed by atoms with Gasteiger partial charge in [-0.25, -0.2) is 9.59 Å². The van der Waals surface area contributed by atoms with Crippen molar-refractivity contribution in [2.45, 2.75) is 37.8 Å². The van der Waals surface area contributed by atoms with E-state index in [-0.39, 0.29) is 12.5 Å². The van der Waals surface area contributed by atoms with Crippen molar-refractivity contribution in [2.24, 2.45) is 0 Å². The Balaban J connectivity index is 1.63. The molecule has 0 spiro atoms. The van der Waals surface area contributed by atoms with Crippen LogP contribution in [0.25, 0.3) is 11.1 Å². The molecule has 0 saturated carbocycles. The van der Waals surface area contributed by atoms with Gasteiger partial charge in [0.2, 0.25) is 0 Å². The second-order valence-corrected chi connectivity index (χ2v) is 7.85. The molecule has 2 aromatic rings. The van der Waals surface area contributed by atoms with E-state index in [0.29, 0.717) is 0 Å². The van der Waals surface area contributed by atoms with Crippen molar-refractivity contribution in [1.82, 2.24) is 5.32 Å². The molecular formula is C24H25NO6. The fourth-order valence-corrected chi connectivity index (χ4v) is 3.53. The zero-order chi connectivity index (χ0) is 22.6. The lowest BCUT2D eigenvalue weighted by atomic mass is 9.98. The molecule has 162 valence electrons. The van der Waals surface area contributed by atoms with Crippen molar-refractivity contribution in [3.05, 3.63) is 72.3 Å². The second kappa shape index (κ2) is 9.04. The van der Waals surface area contributed by atoms with Crippen molar-refractivity contribution in [3.8, 4) is 11.1 Å². The Labute approximate surface area is 180 Å². The Bertz CT molecular complexity index is 967. The molecule has 0 saturated heterocycles. The molecule has 0 radical (unpaired) electrons. The molecule has 0 aliphatic heterocycles. The fraction of sp³-hybridized carbons (Fsp3) is 0.292. The third kappa shape index (κ3) is 5.12. The molecule has 1 atom stereocenters. The molecule has 0 aromatic heterocycles. The first-order valence-electron chi connectivity index (χ1n) is 9.91. The van der Waals surface area contributed by atoms with E-state index in [2.05, 4.69) is 11.9 Å². The average molecular weight is 423 g/mol. The lowest BCUT2D eigenvalue weighted by Gasteiger charge is -2.22. The number of aliphatic carboxylic acids is 1. The summed E-state index contributed by atoms with van der Waals surface area (Å²) in [6, 6.07) is 14.3. The summed E-state index contributed by atoms with van der Waals surface area (Å²) in [6.45, 7) is 6.84. The van der Waals surface area contributed by atoms with Gasteiger partial charge < -0.3 is 19.9 Å². The van der Waals surface area contributed by atoms with Crippen LogP contribution < -0.4 is 5.32 Å². The first kappa shape index (κ1) is 22.1. The van der Waals surface area contributed by atoms with Crippen molar-refractivity contribution in [3.63, 3.8) is 0 Å². The van der Waals surface area contributed by atoms with Gasteiger partial charge in [-0.05, 0) is 42.2 Å². The highest BCUT2D eigenvalue weighted by Gasteiger charge is 2.31. The molecule has 7 nitrogen and oxygen atoms in total. The van der Waals surface area contributed by atoms with E-state index in [0.717, 1.165) is 22.3 Å². The Morgan fingerprint density at radius 3 is 2.16 bits per heavy atom. The number of fused-ring (bicyclic) bond motifs is 3. The second-order valence-electron chi connectivity index (χ2n) is 7.85. The van der Waals surface area contributed by atoms with Crippen LogP contribution in [0, 0.1) is 0 Å². The van der Waals surface area contributed by atoms with Crippen molar-refractivity contribution < 1.29 is 29.0 Å². The number of hydrogen-bond donors (Lipinski definition) is 2. The minimum Gasteiger partial charge on any atom is -0.480 e. The normalized spacial score (nSPS) is 13.5. The Morgan fingerprint density at radius 1 is 1.10 bits per heavy atom. The number of benzene rings is 2. The number of esters is 1. The quantitative estimate of drug-likeness (QED) is 0.494. The lowest BCUT2D eigenvalue weighted by Crippen LogP contribution is -2.43. The number of hydrogen-bond acceptors (Lipinski definition) is 5. The molecule has 2 aromatic carbocycles. The van der Waals surface area contributed by atoms with Gasteiger partial charge in [-0.2, -0.15) is 0 Å². The van der Waals surface area contributed by atoms with Crippen LogP contribution in [0.2, 0.25) is 0 Å². The fourth-order valence-electron chi connectivity index (χ4n) is 3.53. The van der Waals surface area contributed by atoms with Gasteiger partial charge >= 0.3 is 18.0 Å². The monoisotopic (exact) mass is 423 g/mol. The molecule has 2 N–H and O–H groups in total. The van der Waals surface area contributed by atoms with Gasteiger partial charge in [0, 0.05) is 5.92 Å². The van der Waals surface area contributed by atoms with Crippen molar-refractivity contribution in [1.29, 1.82) is 0 Å². The molecule has 1 amide bonds. The molecular weight excluding hydrogens is 398 g/mol. The van der Waals surface area contributed by atoms with Crippen LogP contribution >= 0.6 is 0 Å². The third-order valence-electron chi connectivity index (χ3n) is 5.17. The molecule has 31 heavy (non-hydrogen) atoms. The SMILES string of the molecule is C=CC(C)(C)OC(=O)C[C@H](NC(=O)OCC1c2ccccc2-c2ccccc21)C(=O)O. The van der Waals surface area contributed by atoms with E-state index in [4.69, 9.17) is 9.47 Å². The Morgan fingerprint density at radius 2 is 1.65 bits per heavy atom. The number of carbonyl (C=O) groups is 3. The van der Waals surface area contributed by atoms with Gasteiger partial charge in [0.15, 0.2) is 0 Å². The van der Waals surface area contributed by atoms with Crippen LogP contribution in [0.1, 0.15) is 37.3 Å². The molecule has 0 bridgehead atoms. The largest absolute Gasteiger partial charge is 0.480 e. The summed E-state index contributed by atoms with van der Waals surface area (Å²) < 4.78 is 10.5. The topological polar surface area (TPSA) is 102 Å². The van der Waals surface area contributed by atoms with Crippen LogP contribution in [0.5, 0.6) is 0 Å². The molecule has 7 heteroatoms. The number of nitrogens with one attached hydrogen (secondary N) is 1. The number of carboxylic acid groups (broad SMARTS) is 1. The number of carbonyl (C=O) groups excluding carboxylic acids is 2. The zero-order valence-electron chi connectivity index (χ0n) is 17.5. The van der Waals surface area contributed by atoms with Crippen molar-refractivity contribution in [2.75, 3.05) is 6.61 Å². The smallest absolute Gasteiger partial charge is 0.407 e. The summed E-state index contributed by atoms with van der Waals surface area (Å²) >= 11 is 0. The van der Waals surface area contributed by atoms with Crippen LogP contribution in [-0.4, -0.2) is 41.4 Å². The van der Waals surface area contributed by atoms with E-state index in [1.165, 1.54) is 6.08 Å². The lowest BCUT2D eigenvalue weighted by molar-refractivity contribution is -0.156. The highest BCUT2D eigenvalue weighted by atomic mass is 16.6. The maximum Gasteiger partial charge on any atom is 0.407 e. The van der Waals surface area contributed by atoms with Crippen LogP contribution in [-0.2, 0) is 19.1 Å². The number of alkyl carbamates (subject to hydrolysis) is 1. The summed E-state index contributed by atoms with van der Waals surface area (Å²) in [5, 5.41) is 11.6. The maximum absolute atomic E-state index is 12.3. The first-order valence-corrected chi connectivity index (χ1v) is 9.91. The van der Waals surface area contributed by atoms with Gasteiger partial charge in [-0.3, -0.25) is 4.79 Å². The standard InChI is InChI=1S/C24H25NO6/c1-4-24(2,3)31-21(26)13-20(22(27)28)25-23(29)30-14-19-17-11-7-5-9-15(17)16-10-6-8-12-18(16)19/h4-12,19-20H,1,13-14H2,2-3H3,(H,25,29)(H,27,28)/t20-/m0/s1. The Kier molecular flexibility index (Phi) is 6.44. The molecule has 3 rings (SSSR count). The van der Waals surface area contributed by atoms with Gasteiger partial charge in [0.05, 0.1) is 6.42 Å². The predicted molar refractivity (Wildman–Crippen MR) is 115 cm³/mol. The van der Waals surface area contributed by atoms with Crippen LogP contribution in [0.15, 0.2) is 61.2 Å². The molecule has 1 aliphatic carbocycles. The third-order valence-corrected chi connectivity index (χ3v) is 5.17. The minimum absolute atomic E-state index is 0.0418. The van der Waals surface area contributed by atoms with Crippen molar-refractivity contribution >= 4 is 18.0 Å². The van der Waals surface area contributed by atoms with Gasteiger partial charge in [-0.15, -0.1) is 0 Å². The van der Waals surface area contributed by atoms with E-state index >= 15 is 0 Å². The molecule has 0 heterocycles. The van der Waals surface area contributed by atoms with E-state index in [1.807, 2.05) is 48.5 Å². The Hall–Kier alpha value is -3.61. The summed E-state index contributed by atoms with van der Waals surface area (Å²) in [4.78, 5) is 35.8. The summed E-state index contributed by atoms with van der Waals surface area (Å²) in [5.74, 6) is -2.28. The molecule has 0 fully saturated rings. The highest BCUT2D eigenvalue weighted by molar-refractivity contribution is 5.85. The van der Waals surface area contributed by atoms with Crippen LogP contribution in [0.4, 0.5) is 4.79 Å². The van der Waals surface area contributed by atoms with Gasteiger partial charge in [-0.1, -0.05) is 55.1 Å². The average Bonchev–Trinajstić information content (AvgIpc) is 3.05. The summed E-state index contributed by atoms with van der Waals surface area (Å²) in [6.07, 6.45) is -0.0127. The number of carboxylic acids is 1.